The van der Waals surface area contributed by atoms with Gasteiger partial charge in [0.1, 0.15) is 11.6 Å². The Morgan fingerprint density at radius 1 is 0.919 bits per heavy atom. The van der Waals surface area contributed by atoms with E-state index < -0.39 is 0 Å². The molecule has 8 nitrogen and oxygen atoms in total. The van der Waals surface area contributed by atoms with Crippen LogP contribution >= 0.6 is 0 Å². The number of benzene rings is 1. The van der Waals surface area contributed by atoms with Gasteiger partial charge in [0.2, 0.25) is 0 Å². The fourth-order valence-corrected chi connectivity index (χ4v) is 5.95. The lowest BCUT2D eigenvalue weighted by Gasteiger charge is -2.40. The van der Waals surface area contributed by atoms with E-state index >= 15 is 0 Å². The monoisotopic (exact) mass is 503 g/mol. The van der Waals surface area contributed by atoms with E-state index in [-0.39, 0.29) is 5.91 Å². The molecule has 1 amide bonds. The summed E-state index contributed by atoms with van der Waals surface area (Å²) in [7, 11) is 0. The highest BCUT2D eigenvalue weighted by Gasteiger charge is 2.41. The Labute approximate surface area is 220 Å². The number of hydrogen-bond acceptors (Lipinski definition) is 5. The van der Waals surface area contributed by atoms with E-state index in [1.807, 2.05) is 12.1 Å². The summed E-state index contributed by atoms with van der Waals surface area (Å²) in [5.74, 6) is 1.48. The average molecular weight is 504 g/mol. The predicted molar refractivity (Wildman–Crippen MR) is 145 cm³/mol. The number of nitrogens with zero attached hydrogens (tertiary/aromatic N) is 5. The number of imidazole rings is 2. The van der Waals surface area contributed by atoms with Crippen LogP contribution in [0.25, 0.3) is 0 Å². The van der Waals surface area contributed by atoms with Gasteiger partial charge in [-0.2, -0.15) is 0 Å². The molecule has 0 unspecified atom stereocenters. The Bertz CT molecular complexity index is 1090. The summed E-state index contributed by atoms with van der Waals surface area (Å²) >= 11 is 0. The molecule has 4 heterocycles. The van der Waals surface area contributed by atoms with E-state index in [4.69, 9.17) is 0 Å². The molecule has 1 spiro atoms. The van der Waals surface area contributed by atoms with Crippen LogP contribution in [-0.2, 0) is 19.6 Å². The summed E-state index contributed by atoms with van der Waals surface area (Å²) in [6.45, 7) is 14.8. The molecule has 198 valence electrons. The molecule has 0 saturated carbocycles. The molecule has 37 heavy (non-hydrogen) atoms. The molecule has 2 aromatic heterocycles. The van der Waals surface area contributed by atoms with Crippen molar-refractivity contribution in [1.82, 2.24) is 34.6 Å². The van der Waals surface area contributed by atoms with E-state index in [1.54, 1.807) is 29.7 Å². The number of carbonyl (C=O) groups excluding carboxylic acids is 1. The number of aromatic amines is 2. The van der Waals surface area contributed by atoms with E-state index in [1.165, 1.54) is 44.5 Å². The van der Waals surface area contributed by atoms with Crippen molar-refractivity contribution in [3.05, 3.63) is 71.8 Å². The second-order valence-electron chi connectivity index (χ2n) is 12.2. The standard InChI is InChI=1S/C29H41N7O/c1-28(2,3)21-35-17-10-29(22-35)8-15-34(16-9-29)18-23-4-6-24(7-5-23)27(37)36(19-25-30-11-12-31-25)20-26-32-13-14-33-26/h4-7,11-14H,8-10,15-22H2,1-3H3,(H,30,31)(H,32,33). The van der Waals surface area contributed by atoms with Crippen LogP contribution in [0.2, 0.25) is 0 Å². The molecule has 3 aromatic rings. The first-order chi connectivity index (χ1) is 17.8. The minimum absolute atomic E-state index is 0.0275. The van der Waals surface area contributed by atoms with Crippen molar-refractivity contribution in [3.8, 4) is 0 Å². The molecule has 2 aliphatic heterocycles. The van der Waals surface area contributed by atoms with Gasteiger partial charge in [0.15, 0.2) is 0 Å². The first-order valence-corrected chi connectivity index (χ1v) is 13.6. The fraction of sp³-hybridized carbons (Fsp3) is 0.552. The largest absolute Gasteiger partial charge is 0.347 e. The van der Waals surface area contributed by atoms with Gasteiger partial charge in [-0.3, -0.25) is 9.69 Å². The molecular weight excluding hydrogens is 462 g/mol. The van der Waals surface area contributed by atoms with Crippen molar-refractivity contribution in [2.75, 3.05) is 32.7 Å². The second-order valence-corrected chi connectivity index (χ2v) is 12.2. The Hall–Kier alpha value is -2.97. The third kappa shape index (κ3) is 6.67. The minimum atomic E-state index is -0.0275. The molecule has 2 N–H and O–H groups in total. The lowest BCUT2D eigenvalue weighted by atomic mass is 9.77. The van der Waals surface area contributed by atoms with E-state index in [9.17, 15) is 4.79 Å². The minimum Gasteiger partial charge on any atom is -0.347 e. The number of aromatic nitrogens is 4. The summed E-state index contributed by atoms with van der Waals surface area (Å²) in [6.07, 6.45) is 10.9. The first kappa shape index (κ1) is 25.7. The molecule has 0 radical (unpaired) electrons. The maximum Gasteiger partial charge on any atom is 0.254 e. The van der Waals surface area contributed by atoms with Gasteiger partial charge in [-0.1, -0.05) is 32.9 Å². The lowest BCUT2D eigenvalue weighted by molar-refractivity contribution is 0.0721. The highest BCUT2D eigenvalue weighted by atomic mass is 16.2. The van der Waals surface area contributed by atoms with Gasteiger partial charge in [0, 0.05) is 50.0 Å². The summed E-state index contributed by atoms with van der Waals surface area (Å²) in [5, 5.41) is 0. The molecular formula is C29H41N7O. The number of carbonyl (C=O) groups is 1. The quantitative estimate of drug-likeness (QED) is 0.479. The van der Waals surface area contributed by atoms with Crippen LogP contribution in [0.3, 0.4) is 0 Å². The fourth-order valence-electron chi connectivity index (χ4n) is 5.95. The molecule has 2 aliphatic rings. The zero-order valence-electron chi connectivity index (χ0n) is 22.5. The zero-order chi connectivity index (χ0) is 25.9. The van der Waals surface area contributed by atoms with Crippen LogP contribution in [0.4, 0.5) is 0 Å². The van der Waals surface area contributed by atoms with Crippen LogP contribution in [0.15, 0.2) is 49.1 Å². The summed E-state index contributed by atoms with van der Waals surface area (Å²) in [4.78, 5) is 35.2. The van der Waals surface area contributed by atoms with Crippen molar-refractivity contribution in [2.24, 2.45) is 10.8 Å². The van der Waals surface area contributed by atoms with Crippen molar-refractivity contribution in [1.29, 1.82) is 0 Å². The van der Waals surface area contributed by atoms with Gasteiger partial charge < -0.3 is 19.8 Å². The lowest BCUT2D eigenvalue weighted by Crippen LogP contribution is -2.42. The Kier molecular flexibility index (Phi) is 7.49. The first-order valence-electron chi connectivity index (χ1n) is 13.6. The molecule has 0 atom stereocenters. The number of likely N-dealkylation sites (tertiary alicyclic amines) is 2. The van der Waals surface area contributed by atoms with Gasteiger partial charge in [-0.05, 0) is 67.4 Å². The normalized spacial score (nSPS) is 18.5. The third-order valence-corrected chi connectivity index (χ3v) is 7.82. The Balaban J connectivity index is 1.16. The number of piperidine rings is 1. The second kappa shape index (κ2) is 10.8. The maximum absolute atomic E-state index is 13.4. The van der Waals surface area contributed by atoms with Crippen LogP contribution in [0, 0.1) is 10.8 Å². The summed E-state index contributed by atoms with van der Waals surface area (Å²) < 4.78 is 0. The number of hydrogen-bond donors (Lipinski definition) is 2. The van der Waals surface area contributed by atoms with Crippen LogP contribution in [-0.4, -0.2) is 73.3 Å². The summed E-state index contributed by atoms with van der Waals surface area (Å²) in [6, 6.07) is 8.13. The topological polar surface area (TPSA) is 84.2 Å². The SMILES string of the molecule is CC(C)(C)CN1CCC2(CCN(Cc3ccc(C(=O)N(Cc4ncc[nH]4)Cc4ncc[nH]4)cc3)CC2)C1. The smallest absolute Gasteiger partial charge is 0.254 e. The summed E-state index contributed by atoms with van der Waals surface area (Å²) in [5.41, 5.74) is 2.83. The molecule has 2 saturated heterocycles. The van der Waals surface area contributed by atoms with Gasteiger partial charge in [-0.15, -0.1) is 0 Å². The van der Waals surface area contributed by atoms with Crippen molar-refractivity contribution in [2.45, 2.75) is 59.7 Å². The molecule has 5 rings (SSSR count). The van der Waals surface area contributed by atoms with Crippen molar-refractivity contribution >= 4 is 5.91 Å². The highest BCUT2D eigenvalue weighted by molar-refractivity contribution is 5.94. The van der Waals surface area contributed by atoms with E-state index in [0.29, 0.717) is 29.5 Å². The number of nitrogens with one attached hydrogen (secondary N) is 2. The van der Waals surface area contributed by atoms with Crippen molar-refractivity contribution in [3.63, 3.8) is 0 Å². The molecule has 0 aliphatic carbocycles. The van der Waals surface area contributed by atoms with Gasteiger partial charge >= 0.3 is 0 Å². The van der Waals surface area contributed by atoms with Crippen molar-refractivity contribution < 1.29 is 4.79 Å². The van der Waals surface area contributed by atoms with Crippen LogP contribution in [0.1, 0.15) is 67.6 Å². The third-order valence-electron chi connectivity index (χ3n) is 7.82. The molecule has 0 bridgehead atoms. The predicted octanol–water partition coefficient (Wildman–Crippen LogP) is 4.31. The average Bonchev–Trinajstić information content (AvgIpc) is 3.63. The number of rotatable bonds is 8. The zero-order valence-corrected chi connectivity index (χ0v) is 22.5. The van der Waals surface area contributed by atoms with Crippen LogP contribution < -0.4 is 0 Å². The van der Waals surface area contributed by atoms with Gasteiger partial charge in [-0.25, -0.2) is 9.97 Å². The maximum atomic E-state index is 13.4. The number of H-pyrrole nitrogens is 2. The van der Waals surface area contributed by atoms with E-state index in [2.05, 4.69) is 62.6 Å². The highest BCUT2D eigenvalue weighted by Crippen LogP contribution is 2.41. The van der Waals surface area contributed by atoms with Gasteiger partial charge in [0.25, 0.3) is 5.91 Å². The Morgan fingerprint density at radius 2 is 1.49 bits per heavy atom. The van der Waals surface area contributed by atoms with Gasteiger partial charge in [0.05, 0.1) is 13.1 Å². The molecule has 8 heteroatoms. The van der Waals surface area contributed by atoms with Crippen LogP contribution in [0.5, 0.6) is 0 Å². The molecule has 1 aromatic carbocycles. The number of amides is 1. The molecule has 2 fully saturated rings. The Morgan fingerprint density at radius 3 is 2.00 bits per heavy atom. The van der Waals surface area contributed by atoms with E-state index in [0.717, 1.165) is 31.3 Å².